The summed E-state index contributed by atoms with van der Waals surface area (Å²) in [5, 5.41) is 0.813. The molecule has 1 aromatic rings. The van der Waals surface area contributed by atoms with Crippen LogP contribution in [-0.4, -0.2) is 10.9 Å². The maximum atomic E-state index is 10.6. The first-order valence-corrected chi connectivity index (χ1v) is 2.92. The summed E-state index contributed by atoms with van der Waals surface area (Å²) in [4.78, 5) is 18.2. The summed E-state index contributed by atoms with van der Waals surface area (Å²) in [6, 6.07) is 3.60. The van der Waals surface area contributed by atoms with E-state index < -0.39 is 0 Å². The number of hydrogen-bond donors (Lipinski definition) is 0. The van der Waals surface area contributed by atoms with Crippen LogP contribution in [0, 0.1) is 0 Å². The second-order valence-electron chi connectivity index (χ2n) is 2.01. The fourth-order valence-electron chi connectivity index (χ4n) is 0.885. The smallest absolute Gasteiger partial charge is 0.267 e. The van der Waals surface area contributed by atoms with E-state index in [2.05, 4.69) is 9.98 Å². The summed E-state index contributed by atoms with van der Waals surface area (Å²) in [6.07, 6.45) is 3.09. The minimum absolute atomic E-state index is 0. The number of amides is 1. The minimum Gasteiger partial charge on any atom is -0.267 e. The number of carbonyl (C=O) groups excluding carboxylic acids is 1. The van der Waals surface area contributed by atoms with Crippen molar-refractivity contribution in [3.05, 3.63) is 29.0 Å². The number of aromatic nitrogens is 1. The molecule has 10 heavy (non-hydrogen) atoms. The third-order valence-electron chi connectivity index (χ3n) is 1.31. The molecule has 0 atom stereocenters. The van der Waals surface area contributed by atoms with E-state index in [1.165, 1.54) is 6.08 Å². The molecule has 3 heteroatoms. The van der Waals surface area contributed by atoms with Crippen LogP contribution in [0.3, 0.4) is 0 Å². The highest BCUT2D eigenvalue weighted by Crippen LogP contribution is 1.79. The molecular formula is C7H5N2O+. The Bertz CT molecular complexity index is 362. The second kappa shape index (κ2) is 1.73. The summed E-state index contributed by atoms with van der Waals surface area (Å²) in [5.41, 5.74) is 0.535. The van der Waals surface area contributed by atoms with E-state index in [0.29, 0.717) is 5.49 Å². The van der Waals surface area contributed by atoms with Gasteiger partial charge in [-0.15, -0.1) is 0 Å². The van der Waals surface area contributed by atoms with Crippen molar-refractivity contribution in [1.82, 2.24) is 4.98 Å². The van der Waals surface area contributed by atoms with Crippen LogP contribution in [0.15, 0.2) is 23.3 Å². The molecule has 0 aliphatic carbocycles. The molecule has 2 heterocycles. The van der Waals surface area contributed by atoms with E-state index in [1.54, 1.807) is 12.3 Å². The topological polar surface area (TPSA) is 42.3 Å². The minimum atomic E-state index is -0.214. The van der Waals surface area contributed by atoms with E-state index >= 15 is 0 Å². The average molecular weight is 133 g/mol. The molecule has 1 amide bonds. The quantitative estimate of drug-likeness (QED) is 0.462. The van der Waals surface area contributed by atoms with Gasteiger partial charge in [0.15, 0.2) is 5.49 Å². The lowest BCUT2D eigenvalue weighted by molar-refractivity contribution is -0.112. The first kappa shape index (κ1) is 5.29. The first-order valence-electron chi connectivity index (χ1n) is 2.92. The molecular weight excluding hydrogens is 128 g/mol. The van der Waals surface area contributed by atoms with Gasteiger partial charge in [0.25, 0.3) is 5.91 Å². The first-order chi connectivity index (χ1) is 4.86. The van der Waals surface area contributed by atoms with Crippen molar-refractivity contribution in [3.63, 3.8) is 0 Å². The normalized spacial score (nSPS) is 13.8. The lowest BCUT2D eigenvalue weighted by Gasteiger charge is -1.76. The zero-order valence-corrected chi connectivity index (χ0v) is 5.11. The summed E-state index contributed by atoms with van der Waals surface area (Å²) >= 11 is 0. The molecule has 48 valence electrons. The van der Waals surface area contributed by atoms with Crippen molar-refractivity contribution in [1.29, 1.82) is 0 Å². The van der Waals surface area contributed by atoms with Crippen LogP contribution < -0.4 is 10.7 Å². The highest BCUT2D eigenvalue weighted by molar-refractivity contribution is 6.06. The van der Waals surface area contributed by atoms with Crippen LogP contribution >= 0.6 is 0 Å². The summed E-state index contributed by atoms with van der Waals surface area (Å²) in [5.74, 6) is -0.214. The predicted molar refractivity (Wildman–Crippen MR) is 35.6 cm³/mol. The van der Waals surface area contributed by atoms with E-state index in [9.17, 15) is 4.79 Å². The Morgan fingerprint density at radius 2 is 2.40 bits per heavy atom. The Balaban J connectivity index is 0.000000605. The predicted octanol–water partition coefficient (Wildman–Crippen LogP) is -0.866. The molecule has 1 aliphatic heterocycles. The molecule has 3 nitrogen and oxygen atoms in total. The van der Waals surface area contributed by atoms with Crippen molar-refractivity contribution in [2.45, 2.75) is 0 Å². The van der Waals surface area contributed by atoms with Crippen LogP contribution in [-0.2, 0) is 4.79 Å². The van der Waals surface area contributed by atoms with Gasteiger partial charge in [-0.05, 0) is 12.1 Å². The number of nitrogens with zero attached hydrogens (tertiary/aromatic N) is 2. The lowest BCUT2D eigenvalue weighted by atomic mass is 10.4. The zero-order chi connectivity index (χ0) is 6.97. The van der Waals surface area contributed by atoms with Crippen LogP contribution in [0.4, 0.5) is 0 Å². The maximum absolute atomic E-state index is 10.6. The number of pyridine rings is 1. The fraction of sp³-hybridized carbons (Fsp3) is 0. The number of carbonyl (C=O) groups is 1. The van der Waals surface area contributed by atoms with Gasteiger partial charge in [0.1, 0.15) is 0 Å². The van der Waals surface area contributed by atoms with E-state index in [4.69, 9.17) is 0 Å². The van der Waals surface area contributed by atoms with Crippen molar-refractivity contribution in [3.8, 4) is 0 Å². The summed E-state index contributed by atoms with van der Waals surface area (Å²) < 4.78 is 0. The summed E-state index contributed by atoms with van der Waals surface area (Å²) in [7, 11) is 0. The molecule has 0 saturated heterocycles. The Kier molecular flexibility index (Phi) is 0.917. The largest absolute Gasteiger partial charge is 1.00 e. The maximum Gasteiger partial charge on any atom is 1.00 e. The standard InChI is InChI=1S/C7H4N2O/c10-6-4-5-2-1-3-8-7(5)9-6/h1-4H/p+1. The number of fused-ring (bicyclic) bond motifs is 1. The Morgan fingerprint density at radius 3 is 3.20 bits per heavy atom. The lowest BCUT2D eigenvalue weighted by Crippen LogP contribution is -2.23. The van der Waals surface area contributed by atoms with Gasteiger partial charge in [0.05, 0.1) is 0 Å². The van der Waals surface area contributed by atoms with Gasteiger partial charge in [-0.25, -0.2) is 4.98 Å². The van der Waals surface area contributed by atoms with Gasteiger partial charge in [0.2, 0.25) is 0 Å². The zero-order valence-electron chi connectivity index (χ0n) is 6.11. The average Bonchev–Trinajstić information content (AvgIpc) is 2.27. The van der Waals surface area contributed by atoms with E-state index in [-0.39, 0.29) is 7.33 Å². The highest BCUT2D eigenvalue weighted by atomic mass is 16.1. The summed E-state index contributed by atoms with van der Waals surface area (Å²) in [6.45, 7) is 0. The van der Waals surface area contributed by atoms with E-state index in [1.807, 2.05) is 6.07 Å². The fourth-order valence-corrected chi connectivity index (χ4v) is 0.885. The van der Waals surface area contributed by atoms with Crippen molar-refractivity contribution in [2.24, 2.45) is 4.99 Å². The molecule has 0 unspecified atom stereocenters. The van der Waals surface area contributed by atoms with Crippen LogP contribution in [0.2, 0.25) is 0 Å². The van der Waals surface area contributed by atoms with Crippen LogP contribution in [0.25, 0.3) is 6.08 Å². The Labute approximate surface area is 58.2 Å². The van der Waals surface area contributed by atoms with Gasteiger partial charge < -0.3 is 0 Å². The van der Waals surface area contributed by atoms with Crippen molar-refractivity contribution < 1.29 is 6.22 Å². The SMILES string of the molecule is O=C1C=c2cccnc2=N1.[H+]. The molecule has 0 saturated carbocycles. The number of rotatable bonds is 0. The van der Waals surface area contributed by atoms with Gasteiger partial charge >= 0.3 is 1.43 Å². The molecule has 0 radical (unpaired) electrons. The molecule has 0 N–H and O–H groups in total. The molecule has 2 rings (SSSR count). The van der Waals surface area contributed by atoms with E-state index in [0.717, 1.165) is 5.22 Å². The molecule has 0 bridgehead atoms. The Hall–Kier alpha value is -1.51. The molecule has 0 spiro atoms. The van der Waals surface area contributed by atoms with Gasteiger partial charge in [-0.1, -0.05) is 0 Å². The highest BCUT2D eigenvalue weighted by Gasteiger charge is 2.00. The monoisotopic (exact) mass is 133 g/mol. The van der Waals surface area contributed by atoms with Gasteiger partial charge in [0, 0.05) is 17.5 Å². The van der Waals surface area contributed by atoms with Gasteiger partial charge in [-0.2, -0.15) is 4.99 Å². The van der Waals surface area contributed by atoms with Crippen molar-refractivity contribution >= 4 is 12.0 Å². The molecule has 1 aromatic heterocycles. The molecule has 1 aliphatic rings. The van der Waals surface area contributed by atoms with Crippen LogP contribution in [0.5, 0.6) is 0 Å². The third kappa shape index (κ3) is 0.639. The Morgan fingerprint density at radius 1 is 1.50 bits per heavy atom. The third-order valence-corrected chi connectivity index (χ3v) is 1.31. The molecule has 0 fully saturated rings. The van der Waals surface area contributed by atoms with Crippen molar-refractivity contribution in [2.75, 3.05) is 0 Å². The van der Waals surface area contributed by atoms with Crippen LogP contribution in [0.1, 0.15) is 1.43 Å². The van der Waals surface area contributed by atoms with Gasteiger partial charge in [-0.3, -0.25) is 4.79 Å². The number of hydrogen-bond acceptors (Lipinski definition) is 2. The molecule has 0 aromatic carbocycles. The second-order valence-corrected chi connectivity index (χ2v) is 2.01.